The lowest BCUT2D eigenvalue weighted by Gasteiger charge is -2.31. The first-order chi connectivity index (χ1) is 14.7. The molecule has 0 bridgehead atoms. The normalized spacial score (nSPS) is 18.4. The Balaban J connectivity index is 1.19. The van der Waals surface area contributed by atoms with E-state index in [0.717, 1.165) is 17.1 Å². The minimum absolute atomic E-state index is 0.394. The van der Waals surface area contributed by atoms with Crippen molar-refractivity contribution in [2.45, 2.75) is 41.9 Å². The maximum absolute atomic E-state index is 5.84. The van der Waals surface area contributed by atoms with Crippen LogP contribution in [-0.4, -0.2) is 58.6 Å². The van der Waals surface area contributed by atoms with Crippen molar-refractivity contribution in [3.63, 3.8) is 0 Å². The number of nitrogens with zero attached hydrogens (tertiary/aromatic N) is 7. The Kier molecular flexibility index (Phi) is 4.38. The quantitative estimate of drug-likeness (QED) is 0.488. The molecule has 1 aliphatic heterocycles. The maximum atomic E-state index is 5.84. The molecule has 2 fully saturated rings. The van der Waals surface area contributed by atoms with Gasteiger partial charge >= 0.3 is 6.01 Å². The molecule has 30 heavy (non-hydrogen) atoms. The first-order valence-corrected chi connectivity index (χ1v) is 11.3. The molecule has 9 heteroatoms. The van der Waals surface area contributed by atoms with Gasteiger partial charge in [-0.15, -0.1) is 16.9 Å². The molecule has 2 aliphatic rings. The van der Waals surface area contributed by atoms with Gasteiger partial charge in [-0.3, -0.25) is 4.57 Å². The van der Waals surface area contributed by atoms with Gasteiger partial charge in [0, 0.05) is 47.2 Å². The van der Waals surface area contributed by atoms with Crippen molar-refractivity contribution < 1.29 is 4.42 Å². The standard InChI is InChI=1S/C21H23N7OS/c1-26-12-18(23-13-26)20-24-25-21(29-20)28-9-4-14-10-17(11-22-19(14)28)30-16-5-7-27(8-6-16)15-2-3-15/h4,9-13,15-16H,2-3,5-8H2,1H3. The van der Waals surface area contributed by atoms with Crippen LogP contribution in [0.15, 0.2) is 46.4 Å². The zero-order valence-electron chi connectivity index (χ0n) is 16.8. The molecule has 1 saturated carbocycles. The number of thioether (sulfide) groups is 1. The molecule has 0 atom stereocenters. The smallest absolute Gasteiger partial charge is 0.328 e. The highest BCUT2D eigenvalue weighted by Gasteiger charge is 2.32. The van der Waals surface area contributed by atoms with Crippen LogP contribution in [0.1, 0.15) is 25.7 Å². The van der Waals surface area contributed by atoms with E-state index in [0.29, 0.717) is 22.8 Å². The van der Waals surface area contributed by atoms with Crippen LogP contribution in [0.5, 0.6) is 0 Å². The molecule has 8 nitrogen and oxygen atoms in total. The topological polar surface area (TPSA) is 77.8 Å². The van der Waals surface area contributed by atoms with Gasteiger partial charge < -0.3 is 13.9 Å². The lowest BCUT2D eigenvalue weighted by atomic mass is 10.1. The number of hydrogen-bond acceptors (Lipinski definition) is 7. The number of aromatic nitrogens is 6. The van der Waals surface area contributed by atoms with Gasteiger partial charge in [0.2, 0.25) is 0 Å². The zero-order valence-corrected chi connectivity index (χ0v) is 17.6. The van der Waals surface area contributed by atoms with Crippen LogP contribution >= 0.6 is 11.8 Å². The predicted molar refractivity (Wildman–Crippen MR) is 115 cm³/mol. The molecular formula is C21H23N7OS. The van der Waals surface area contributed by atoms with Crippen molar-refractivity contribution in [3.8, 4) is 17.6 Å². The number of fused-ring (bicyclic) bond motifs is 1. The van der Waals surface area contributed by atoms with Gasteiger partial charge in [-0.1, -0.05) is 5.10 Å². The molecule has 0 amide bonds. The summed E-state index contributed by atoms with van der Waals surface area (Å²) in [5.74, 6) is 0.400. The van der Waals surface area contributed by atoms with Gasteiger partial charge in [-0.25, -0.2) is 9.97 Å². The van der Waals surface area contributed by atoms with E-state index in [2.05, 4.69) is 26.1 Å². The molecule has 1 aliphatic carbocycles. The Morgan fingerprint density at radius 1 is 1.10 bits per heavy atom. The summed E-state index contributed by atoms with van der Waals surface area (Å²) in [5, 5.41) is 10.1. The number of pyridine rings is 1. The average molecular weight is 422 g/mol. The van der Waals surface area contributed by atoms with Crippen LogP contribution < -0.4 is 0 Å². The fourth-order valence-corrected chi connectivity index (χ4v) is 5.29. The third kappa shape index (κ3) is 3.41. The third-order valence-electron chi connectivity index (χ3n) is 5.89. The molecule has 0 spiro atoms. The zero-order chi connectivity index (χ0) is 20.1. The largest absolute Gasteiger partial charge is 0.401 e. The molecule has 5 heterocycles. The van der Waals surface area contributed by atoms with E-state index in [1.165, 1.54) is 43.7 Å². The Labute approximate surface area is 178 Å². The lowest BCUT2D eigenvalue weighted by Crippen LogP contribution is -2.36. The van der Waals surface area contributed by atoms with E-state index >= 15 is 0 Å². The number of imidazole rings is 1. The predicted octanol–water partition coefficient (Wildman–Crippen LogP) is 3.53. The number of rotatable bonds is 5. The van der Waals surface area contributed by atoms with Crippen molar-refractivity contribution in [2.24, 2.45) is 7.05 Å². The Bertz CT molecular complexity index is 1180. The summed E-state index contributed by atoms with van der Waals surface area (Å²) in [6.07, 6.45) is 12.8. The summed E-state index contributed by atoms with van der Waals surface area (Å²) >= 11 is 1.96. The number of piperidine rings is 1. The number of likely N-dealkylation sites (tertiary alicyclic amines) is 1. The van der Waals surface area contributed by atoms with E-state index in [9.17, 15) is 0 Å². The van der Waals surface area contributed by atoms with Crippen LogP contribution in [0.2, 0.25) is 0 Å². The number of aryl methyl sites for hydroxylation is 1. The van der Waals surface area contributed by atoms with Crippen LogP contribution in [0.3, 0.4) is 0 Å². The van der Waals surface area contributed by atoms with Crippen molar-refractivity contribution in [1.82, 2.24) is 34.2 Å². The minimum atomic E-state index is 0.394. The van der Waals surface area contributed by atoms with E-state index < -0.39 is 0 Å². The molecule has 4 aromatic heterocycles. The molecule has 6 rings (SSSR count). The van der Waals surface area contributed by atoms with Crippen LogP contribution in [0.25, 0.3) is 28.6 Å². The average Bonchev–Trinajstić information content (AvgIpc) is 3.13. The van der Waals surface area contributed by atoms with Crippen molar-refractivity contribution in [3.05, 3.63) is 37.1 Å². The second-order valence-corrected chi connectivity index (χ2v) is 9.54. The van der Waals surface area contributed by atoms with Crippen molar-refractivity contribution in [2.75, 3.05) is 13.1 Å². The Morgan fingerprint density at radius 3 is 2.73 bits per heavy atom. The van der Waals surface area contributed by atoms with E-state index in [4.69, 9.17) is 9.40 Å². The van der Waals surface area contributed by atoms with Gasteiger partial charge in [-0.2, -0.15) is 0 Å². The molecule has 0 unspecified atom stereocenters. The van der Waals surface area contributed by atoms with E-state index in [-0.39, 0.29) is 0 Å². The first kappa shape index (κ1) is 18.1. The summed E-state index contributed by atoms with van der Waals surface area (Å²) in [5.41, 5.74) is 1.48. The van der Waals surface area contributed by atoms with Gasteiger partial charge in [0.25, 0.3) is 5.89 Å². The number of hydrogen-bond donors (Lipinski definition) is 0. The van der Waals surface area contributed by atoms with Crippen LogP contribution in [0.4, 0.5) is 0 Å². The monoisotopic (exact) mass is 421 g/mol. The van der Waals surface area contributed by atoms with Gasteiger partial charge in [0.1, 0.15) is 11.3 Å². The van der Waals surface area contributed by atoms with Crippen LogP contribution in [-0.2, 0) is 7.05 Å². The van der Waals surface area contributed by atoms with Gasteiger partial charge in [0.15, 0.2) is 0 Å². The van der Waals surface area contributed by atoms with Crippen LogP contribution in [0, 0.1) is 0 Å². The fourth-order valence-electron chi connectivity index (χ4n) is 4.15. The molecule has 4 aromatic rings. The Morgan fingerprint density at radius 2 is 1.97 bits per heavy atom. The van der Waals surface area contributed by atoms with Crippen molar-refractivity contribution >= 4 is 22.8 Å². The molecule has 0 N–H and O–H groups in total. The Hall–Kier alpha value is -2.65. The first-order valence-electron chi connectivity index (χ1n) is 10.4. The summed E-state index contributed by atoms with van der Waals surface area (Å²) in [6, 6.07) is 5.54. The van der Waals surface area contributed by atoms with Crippen molar-refractivity contribution in [1.29, 1.82) is 0 Å². The van der Waals surface area contributed by atoms with E-state index in [1.807, 2.05) is 52.6 Å². The summed E-state index contributed by atoms with van der Waals surface area (Å²) in [6.45, 7) is 2.48. The molecule has 0 aromatic carbocycles. The molecule has 0 radical (unpaired) electrons. The minimum Gasteiger partial charge on any atom is -0.401 e. The maximum Gasteiger partial charge on any atom is 0.328 e. The van der Waals surface area contributed by atoms with Gasteiger partial charge in [0.05, 0.1) is 6.33 Å². The fraction of sp³-hybridized carbons (Fsp3) is 0.429. The van der Waals surface area contributed by atoms with Gasteiger partial charge in [-0.05, 0) is 50.9 Å². The lowest BCUT2D eigenvalue weighted by molar-refractivity contribution is 0.223. The highest BCUT2D eigenvalue weighted by molar-refractivity contribution is 8.00. The summed E-state index contributed by atoms with van der Waals surface area (Å²) in [7, 11) is 1.91. The van der Waals surface area contributed by atoms with E-state index in [1.54, 1.807) is 6.33 Å². The second-order valence-electron chi connectivity index (χ2n) is 8.17. The summed E-state index contributed by atoms with van der Waals surface area (Å²) < 4.78 is 9.52. The second kappa shape index (κ2) is 7.24. The third-order valence-corrected chi connectivity index (χ3v) is 7.19. The SMILES string of the molecule is Cn1cnc(-c2nnc(-n3ccc4cc(SC5CCN(C6CC6)CC5)cnc43)o2)c1. The molecule has 1 saturated heterocycles. The summed E-state index contributed by atoms with van der Waals surface area (Å²) in [4.78, 5) is 12.9. The molecule has 154 valence electrons. The highest BCUT2D eigenvalue weighted by atomic mass is 32.2. The molecular weight excluding hydrogens is 398 g/mol. The highest BCUT2D eigenvalue weighted by Crippen LogP contribution is 2.35.